The van der Waals surface area contributed by atoms with Gasteiger partial charge in [-0.1, -0.05) is 0 Å². The van der Waals surface area contributed by atoms with Crippen molar-refractivity contribution in [2.24, 2.45) is 0 Å². The molecule has 1 aliphatic carbocycles. The minimum absolute atomic E-state index is 0.114. The summed E-state index contributed by atoms with van der Waals surface area (Å²) < 4.78 is 5.61. The summed E-state index contributed by atoms with van der Waals surface area (Å²) in [6.45, 7) is 0.844. The third-order valence-electron chi connectivity index (χ3n) is 3.88. The van der Waals surface area contributed by atoms with Crippen molar-refractivity contribution in [3.63, 3.8) is 0 Å². The Kier molecular flexibility index (Phi) is 5.17. The molecule has 0 spiro atoms. The predicted molar refractivity (Wildman–Crippen MR) is 68.2 cm³/mol. The summed E-state index contributed by atoms with van der Waals surface area (Å²) >= 11 is 0. The van der Waals surface area contributed by atoms with Crippen molar-refractivity contribution in [1.29, 1.82) is 0 Å². The zero-order chi connectivity index (χ0) is 12.8. The molecule has 18 heavy (non-hydrogen) atoms. The highest BCUT2D eigenvalue weighted by Crippen LogP contribution is 2.18. The number of amides is 1. The monoisotopic (exact) mass is 253 g/mol. The zero-order valence-corrected chi connectivity index (χ0v) is 11.0. The fourth-order valence-electron chi connectivity index (χ4n) is 2.71. The number of carbonyl (C=O) groups is 2. The average Bonchev–Trinajstić information content (AvgIpc) is 2.40. The molecule has 1 aliphatic heterocycles. The second-order valence-corrected chi connectivity index (χ2v) is 5.41. The van der Waals surface area contributed by atoms with Crippen LogP contribution in [0, 0.1) is 0 Å². The molecular formula is C14H23NO3. The highest BCUT2D eigenvalue weighted by molar-refractivity contribution is 5.80. The van der Waals surface area contributed by atoms with Crippen molar-refractivity contribution >= 4 is 11.7 Å². The van der Waals surface area contributed by atoms with E-state index in [-0.39, 0.29) is 18.1 Å². The van der Waals surface area contributed by atoms with Gasteiger partial charge in [0, 0.05) is 31.9 Å². The Hall–Kier alpha value is -0.900. The minimum atomic E-state index is 0.114. The standard InChI is InChI=1S/C14H23NO3/c16-12-6-4-11(5-7-12)15-14(17)9-8-13-3-1-2-10-18-13/h11,13H,1-10H2,(H,15,17). The van der Waals surface area contributed by atoms with E-state index in [0.717, 1.165) is 38.7 Å². The number of Topliss-reactive ketones (excluding diaryl/α,β-unsaturated/α-hetero) is 1. The lowest BCUT2D eigenvalue weighted by Crippen LogP contribution is -2.38. The summed E-state index contributed by atoms with van der Waals surface area (Å²) in [6, 6.07) is 0.211. The summed E-state index contributed by atoms with van der Waals surface area (Å²) in [5.41, 5.74) is 0. The first-order valence-electron chi connectivity index (χ1n) is 7.16. The molecular weight excluding hydrogens is 230 g/mol. The van der Waals surface area contributed by atoms with E-state index in [1.54, 1.807) is 0 Å². The van der Waals surface area contributed by atoms with Gasteiger partial charge in [0.25, 0.3) is 0 Å². The SMILES string of the molecule is O=C1CCC(NC(=O)CCC2CCCCO2)CC1. The number of rotatable bonds is 4. The van der Waals surface area contributed by atoms with Crippen LogP contribution >= 0.6 is 0 Å². The van der Waals surface area contributed by atoms with Crippen LogP contribution in [0.4, 0.5) is 0 Å². The molecule has 0 aromatic heterocycles. The molecule has 2 aliphatic rings. The predicted octanol–water partition coefficient (Wildman–Crippen LogP) is 1.96. The van der Waals surface area contributed by atoms with Gasteiger partial charge in [-0.05, 0) is 38.5 Å². The van der Waals surface area contributed by atoms with Crippen LogP contribution in [0.15, 0.2) is 0 Å². The van der Waals surface area contributed by atoms with Gasteiger partial charge in [-0.15, -0.1) is 0 Å². The van der Waals surface area contributed by atoms with E-state index in [2.05, 4.69) is 5.32 Å². The maximum absolute atomic E-state index is 11.8. The Morgan fingerprint density at radius 2 is 2.00 bits per heavy atom. The summed E-state index contributed by atoms with van der Waals surface area (Å²) in [5, 5.41) is 3.03. The maximum atomic E-state index is 11.8. The number of carbonyl (C=O) groups excluding carboxylic acids is 2. The second-order valence-electron chi connectivity index (χ2n) is 5.41. The van der Waals surface area contributed by atoms with Crippen LogP contribution in [0.2, 0.25) is 0 Å². The first kappa shape index (κ1) is 13.5. The summed E-state index contributed by atoms with van der Waals surface area (Å²) in [6.07, 6.45) is 7.98. The zero-order valence-electron chi connectivity index (χ0n) is 11.0. The number of hydrogen-bond donors (Lipinski definition) is 1. The van der Waals surface area contributed by atoms with E-state index in [4.69, 9.17) is 4.74 Å². The minimum Gasteiger partial charge on any atom is -0.378 e. The molecule has 4 heteroatoms. The number of ketones is 1. The van der Waals surface area contributed by atoms with E-state index < -0.39 is 0 Å². The third kappa shape index (κ3) is 4.41. The summed E-state index contributed by atoms with van der Waals surface area (Å²) in [5.74, 6) is 0.444. The second kappa shape index (κ2) is 6.88. The number of nitrogens with one attached hydrogen (secondary N) is 1. The van der Waals surface area contributed by atoms with Crippen LogP contribution in [-0.2, 0) is 14.3 Å². The highest BCUT2D eigenvalue weighted by atomic mass is 16.5. The molecule has 0 aromatic carbocycles. The topological polar surface area (TPSA) is 55.4 Å². The Bertz CT molecular complexity index is 287. The van der Waals surface area contributed by atoms with Crippen molar-refractivity contribution in [2.75, 3.05) is 6.61 Å². The van der Waals surface area contributed by atoms with Crippen molar-refractivity contribution in [3.8, 4) is 0 Å². The van der Waals surface area contributed by atoms with Gasteiger partial charge in [0.2, 0.25) is 5.91 Å². The Labute approximate surface area is 108 Å². The van der Waals surface area contributed by atoms with E-state index in [0.29, 0.717) is 25.0 Å². The van der Waals surface area contributed by atoms with Crippen LogP contribution < -0.4 is 5.32 Å². The summed E-state index contributed by atoms with van der Waals surface area (Å²) in [7, 11) is 0. The molecule has 2 fully saturated rings. The largest absolute Gasteiger partial charge is 0.378 e. The van der Waals surface area contributed by atoms with Gasteiger partial charge in [0.15, 0.2) is 0 Å². The van der Waals surface area contributed by atoms with Gasteiger partial charge in [-0.3, -0.25) is 9.59 Å². The fourth-order valence-corrected chi connectivity index (χ4v) is 2.71. The van der Waals surface area contributed by atoms with Crippen LogP contribution in [-0.4, -0.2) is 30.4 Å². The first-order valence-corrected chi connectivity index (χ1v) is 7.16. The third-order valence-corrected chi connectivity index (χ3v) is 3.88. The van der Waals surface area contributed by atoms with Gasteiger partial charge < -0.3 is 10.1 Å². The average molecular weight is 253 g/mol. The molecule has 1 heterocycles. The first-order chi connectivity index (χ1) is 8.74. The van der Waals surface area contributed by atoms with Gasteiger partial charge in [-0.2, -0.15) is 0 Å². The van der Waals surface area contributed by atoms with E-state index >= 15 is 0 Å². The molecule has 0 aromatic rings. The van der Waals surface area contributed by atoms with Crippen LogP contribution in [0.5, 0.6) is 0 Å². The molecule has 1 N–H and O–H groups in total. The van der Waals surface area contributed by atoms with E-state index in [1.807, 2.05) is 0 Å². The normalized spacial score (nSPS) is 26.0. The number of ether oxygens (including phenoxy) is 1. The van der Waals surface area contributed by atoms with Gasteiger partial charge in [0.1, 0.15) is 5.78 Å². The lowest BCUT2D eigenvalue weighted by molar-refractivity contribution is -0.125. The fraction of sp³-hybridized carbons (Fsp3) is 0.857. The molecule has 102 valence electrons. The molecule has 1 saturated carbocycles. The molecule has 4 nitrogen and oxygen atoms in total. The molecule has 0 bridgehead atoms. The van der Waals surface area contributed by atoms with Crippen molar-refractivity contribution in [1.82, 2.24) is 5.32 Å². The lowest BCUT2D eigenvalue weighted by atomic mass is 9.94. The smallest absolute Gasteiger partial charge is 0.220 e. The molecule has 1 unspecified atom stereocenters. The molecule has 1 atom stereocenters. The number of hydrogen-bond acceptors (Lipinski definition) is 3. The molecule has 2 rings (SSSR count). The molecule has 1 saturated heterocycles. The van der Waals surface area contributed by atoms with Gasteiger partial charge >= 0.3 is 0 Å². The Balaban J connectivity index is 1.61. The van der Waals surface area contributed by atoms with Crippen LogP contribution in [0.3, 0.4) is 0 Å². The Morgan fingerprint density at radius 1 is 1.22 bits per heavy atom. The Morgan fingerprint density at radius 3 is 2.67 bits per heavy atom. The van der Waals surface area contributed by atoms with E-state index in [1.165, 1.54) is 6.42 Å². The maximum Gasteiger partial charge on any atom is 0.220 e. The van der Waals surface area contributed by atoms with Gasteiger partial charge in [-0.25, -0.2) is 0 Å². The highest BCUT2D eigenvalue weighted by Gasteiger charge is 2.21. The van der Waals surface area contributed by atoms with Gasteiger partial charge in [0.05, 0.1) is 6.10 Å². The quantitative estimate of drug-likeness (QED) is 0.833. The lowest BCUT2D eigenvalue weighted by Gasteiger charge is -2.24. The molecule has 0 radical (unpaired) electrons. The van der Waals surface area contributed by atoms with E-state index in [9.17, 15) is 9.59 Å². The van der Waals surface area contributed by atoms with Crippen LogP contribution in [0.1, 0.15) is 57.8 Å². The van der Waals surface area contributed by atoms with Crippen molar-refractivity contribution < 1.29 is 14.3 Å². The van der Waals surface area contributed by atoms with Crippen molar-refractivity contribution in [2.45, 2.75) is 69.9 Å². The van der Waals surface area contributed by atoms with Crippen molar-refractivity contribution in [3.05, 3.63) is 0 Å². The van der Waals surface area contributed by atoms with Crippen LogP contribution in [0.25, 0.3) is 0 Å². The molecule has 1 amide bonds. The summed E-state index contributed by atoms with van der Waals surface area (Å²) in [4.78, 5) is 22.9.